The van der Waals surface area contributed by atoms with Gasteiger partial charge in [-0.3, -0.25) is 25.2 Å². The minimum atomic E-state index is -0.739. The molecule has 0 radical (unpaired) electrons. The molecular formula is C19H15ClN2O4. The molecule has 0 aliphatic rings. The summed E-state index contributed by atoms with van der Waals surface area (Å²) < 4.78 is 5.41. The number of fused-ring (bicyclic) bond motifs is 1. The summed E-state index contributed by atoms with van der Waals surface area (Å²) in [5.41, 5.74) is 6.63. The van der Waals surface area contributed by atoms with Gasteiger partial charge in [-0.05, 0) is 43.7 Å². The number of nitrogens with one attached hydrogen (secondary N) is 2. The Bertz CT molecular complexity index is 1090. The normalized spacial score (nSPS) is 10.6. The molecule has 1 heterocycles. The van der Waals surface area contributed by atoms with Crippen molar-refractivity contribution in [2.75, 3.05) is 0 Å². The molecule has 2 aromatic carbocycles. The number of carbonyl (C=O) groups is 2. The van der Waals surface area contributed by atoms with Crippen LogP contribution in [0.25, 0.3) is 11.0 Å². The molecule has 7 heteroatoms. The summed E-state index contributed by atoms with van der Waals surface area (Å²) in [7, 11) is 0. The Hall–Kier alpha value is -3.12. The van der Waals surface area contributed by atoms with Crippen LogP contribution in [0.15, 0.2) is 51.7 Å². The zero-order valence-corrected chi connectivity index (χ0v) is 14.8. The highest BCUT2D eigenvalue weighted by Gasteiger charge is 2.15. The van der Waals surface area contributed by atoms with Gasteiger partial charge in [0.1, 0.15) is 5.58 Å². The van der Waals surface area contributed by atoms with E-state index >= 15 is 0 Å². The van der Waals surface area contributed by atoms with Crippen LogP contribution in [-0.4, -0.2) is 11.8 Å². The van der Waals surface area contributed by atoms with Crippen LogP contribution in [0.5, 0.6) is 0 Å². The molecule has 0 saturated carbocycles. The number of hydrazine groups is 1. The number of hydrogen-bond donors (Lipinski definition) is 2. The molecule has 3 aromatic rings. The minimum absolute atomic E-state index is 0.217. The van der Waals surface area contributed by atoms with E-state index in [1.54, 1.807) is 25.1 Å². The molecule has 2 amide bonds. The fourth-order valence-electron chi connectivity index (χ4n) is 2.55. The summed E-state index contributed by atoms with van der Waals surface area (Å²) >= 11 is 5.85. The number of amides is 2. The van der Waals surface area contributed by atoms with E-state index in [0.29, 0.717) is 10.6 Å². The lowest BCUT2D eigenvalue weighted by Gasteiger charge is -2.09. The number of hydrogen-bond acceptors (Lipinski definition) is 4. The maximum absolute atomic E-state index is 12.2. The molecule has 0 aliphatic carbocycles. The van der Waals surface area contributed by atoms with Crippen molar-refractivity contribution in [1.29, 1.82) is 0 Å². The first kappa shape index (κ1) is 17.7. The van der Waals surface area contributed by atoms with Gasteiger partial charge in [0, 0.05) is 16.7 Å². The largest absolute Gasteiger partial charge is 0.451 e. The molecule has 0 unspecified atom stereocenters. The molecule has 3 rings (SSSR count). The average molecular weight is 371 g/mol. The van der Waals surface area contributed by atoms with Gasteiger partial charge in [0.25, 0.3) is 5.91 Å². The Morgan fingerprint density at radius 1 is 0.962 bits per heavy atom. The van der Waals surface area contributed by atoms with Gasteiger partial charge in [-0.1, -0.05) is 29.3 Å². The number of rotatable bonds is 2. The van der Waals surface area contributed by atoms with Crippen LogP contribution >= 0.6 is 11.6 Å². The van der Waals surface area contributed by atoms with Crippen LogP contribution in [-0.2, 0) is 0 Å². The highest BCUT2D eigenvalue weighted by Crippen LogP contribution is 2.17. The lowest BCUT2D eigenvalue weighted by atomic mass is 10.1. The molecule has 0 fully saturated rings. The van der Waals surface area contributed by atoms with Crippen LogP contribution in [0, 0.1) is 13.8 Å². The van der Waals surface area contributed by atoms with Gasteiger partial charge < -0.3 is 4.42 Å². The van der Waals surface area contributed by atoms with Gasteiger partial charge in [0.05, 0.1) is 5.39 Å². The topological polar surface area (TPSA) is 88.4 Å². The first-order valence-electron chi connectivity index (χ1n) is 7.76. The molecule has 0 bridgehead atoms. The molecule has 26 heavy (non-hydrogen) atoms. The summed E-state index contributed by atoms with van der Waals surface area (Å²) in [6, 6.07) is 10.9. The fraction of sp³-hybridized carbons (Fsp3) is 0.105. The fourth-order valence-corrected chi connectivity index (χ4v) is 2.72. The van der Waals surface area contributed by atoms with Crippen molar-refractivity contribution in [3.63, 3.8) is 0 Å². The monoisotopic (exact) mass is 370 g/mol. The number of halogens is 1. The van der Waals surface area contributed by atoms with Crippen molar-refractivity contribution < 1.29 is 14.0 Å². The summed E-state index contributed by atoms with van der Waals surface area (Å²) in [5, 5.41) is 0.663. The second-order valence-corrected chi connectivity index (χ2v) is 6.28. The van der Waals surface area contributed by atoms with Gasteiger partial charge in [-0.25, -0.2) is 0 Å². The average Bonchev–Trinajstić information content (AvgIpc) is 2.59. The van der Waals surface area contributed by atoms with Crippen LogP contribution in [0.1, 0.15) is 32.0 Å². The lowest BCUT2D eigenvalue weighted by molar-refractivity contribution is 0.0831. The van der Waals surface area contributed by atoms with Crippen molar-refractivity contribution in [3.8, 4) is 0 Å². The SMILES string of the molecule is Cc1ccc(C(=O)NNC(=O)c2cc(=O)c3cc(Cl)ccc3o2)c(C)c1. The molecular weight excluding hydrogens is 356 g/mol. The molecule has 0 aliphatic heterocycles. The Kier molecular flexibility index (Phi) is 4.77. The van der Waals surface area contributed by atoms with Gasteiger partial charge in [0.15, 0.2) is 11.2 Å². The smallest absolute Gasteiger partial charge is 0.305 e. The van der Waals surface area contributed by atoms with Crippen molar-refractivity contribution in [2.45, 2.75) is 13.8 Å². The zero-order valence-electron chi connectivity index (χ0n) is 14.1. The molecule has 2 N–H and O–H groups in total. The Labute approximate surface area is 153 Å². The number of aryl methyl sites for hydroxylation is 2. The highest BCUT2D eigenvalue weighted by atomic mass is 35.5. The van der Waals surface area contributed by atoms with Gasteiger partial charge in [-0.15, -0.1) is 0 Å². The van der Waals surface area contributed by atoms with E-state index in [-0.39, 0.29) is 16.7 Å². The van der Waals surface area contributed by atoms with Gasteiger partial charge in [-0.2, -0.15) is 0 Å². The van der Waals surface area contributed by atoms with E-state index in [9.17, 15) is 14.4 Å². The summed E-state index contributed by atoms with van der Waals surface area (Å²) in [4.78, 5) is 36.5. The Morgan fingerprint density at radius 2 is 1.69 bits per heavy atom. The van der Waals surface area contributed by atoms with Gasteiger partial charge >= 0.3 is 5.91 Å². The van der Waals surface area contributed by atoms with Crippen LogP contribution in [0.2, 0.25) is 5.02 Å². The molecule has 0 spiro atoms. The second-order valence-electron chi connectivity index (χ2n) is 5.84. The van der Waals surface area contributed by atoms with Crippen molar-refractivity contribution >= 4 is 34.4 Å². The van der Waals surface area contributed by atoms with E-state index in [1.165, 1.54) is 12.1 Å². The van der Waals surface area contributed by atoms with E-state index < -0.39 is 17.2 Å². The molecule has 6 nitrogen and oxygen atoms in total. The summed E-state index contributed by atoms with van der Waals surface area (Å²) in [6.45, 7) is 3.72. The van der Waals surface area contributed by atoms with E-state index in [2.05, 4.69) is 10.9 Å². The molecule has 1 aromatic heterocycles. The second kappa shape index (κ2) is 7.01. The standard InChI is InChI=1S/C19H15ClN2O4/c1-10-3-5-13(11(2)7-10)18(24)21-22-19(25)17-9-15(23)14-8-12(20)4-6-16(14)26-17/h3-9H,1-2H3,(H,21,24)(H,22,25). The van der Waals surface area contributed by atoms with Crippen LogP contribution < -0.4 is 16.3 Å². The third-order valence-electron chi connectivity index (χ3n) is 3.83. The third-order valence-corrected chi connectivity index (χ3v) is 4.06. The van der Waals surface area contributed by atoms with Crippen LogP contribution in [0.4, 0.5) is 0 Å². The van der Waals surface area contributed by atoms with Crippen molar-refractivity contribution in [1.82, 2.24) is 10.9 Å². The van der Waals surface area contributed by atoms with Crippen molar-refractivity contribution in [3.05, 3.63) is 80.2 Å². The highest BCUT2D eigenvalue weighted by molar-refractivity contribution is 6.31. The molecule has 0 saturated heterocycles. The quantitative estimate of drug-likeness (QED) is 0.678. The van der Waals surface area contributed by atoms with Crippen LogP contribution in [0.3, 0.4) is 0 Å². The van der Waals surface area contributed by atoms with E-state index in [0.717, 1.165) is 17.2 Å². The maximum atomic E-state index is 12.2. The zero-order chi connectivity index (χ0) is 18.8. The van der Waals surface area contributed by atoms with Crippen molar-refractivity contribution in [2.24, 2.45) is 0 Å². The first-order chi connectivity index (χ1) is 12.3. The summed E-state index contributed by atoms with van der Waals surface area (Å²) in [6.07, 6.45) is 0. The first-order valence-corrected chi connectivity index (χ1v) is 8.14. The molecule has 0 atom stereocenters. The Morgan fingerprint density at radius 3 is 2.42 bits per heavy atom. The van der Waals surface area contributed by atoms with Gasteiger partial charge in [0.2, 0.25) is 0 Å². The maximum Gasteiger partial charge on any atom is 0.305 e. The molecule has 132 valence electrons. The number of carbonyl (C=O) groups excluding carboxylic acids is 2. The van der Waals surface area contributed by atoms with E-state index in [4.69, 9.17) is 16.0 Å². The predicted octanol–water partition coefficient (Wildman–Crippen LogP) is 3.14. The Balaban J connectivity index is 1.78. The summed E-state index contributed by atoms with van der Waals surface area (Å²) in [5.74, 6) is -1.42. The third kappa shape index (κ3) is 3.60. The number of benzene rings is 2. The van der Waals surface area contributed by atoms with E-state index in [1.807, 2.05) is 13.0 Å². The lowest BCUT2D eigenvalue weighted by Crippen LogP contribution is -2.42. The minimum Gasteiger partial charge on any atom is -0.451 e. The predicted molar refractivity (Wildman–Crippen MR) is 98.3 cm³/mol.